The van der Waals surface area contributed by atoms with Crippen LogP contribution < -0.4 is 21.3 Å². The van der Waals surface area contributed by atoms with Gasteiger partial charge in [0, 0.05) is 25.2 Å². The Morgan fingerprint density at radius 1 is 0.654 bits per heavy atom. The van der Waals surface area contributed by atoms with E-state index < -0.39 is 0 Å². The van der Waals surface area contributed by atoms with Gasteiger partial charge >= 0.3 is 0 Å². The van der Waals surface area contributed by atoms with E-state index in [2.05, 4.69) is 21.3 Å². The maximum absolute atomic E-state index is 5.46. The highest BCUT2D eigenvalue weighted by Gasteiger charge is 2.40. The summed E-state index contributed by atoms with van der Waals surface area (Å²) in [4.78, 5) is 0. The van der Waals surface area contributed by atoms with E-state index in [0.29, 0.717) is 12.1 Å². The van der Waals surface area contributed by atoms with Crippen LogP contribution in [0.5, 0.6) is 0 Å². The molecule has 4 N–H and O–H groups in total. The second kappa shape index (κ2) is 8.59. The molecule has 4 aliphatic rings. The monoisotopic (exact) mass is 394 g/mol. The molecule has 0 amide bonds. The van der Waals surface area contributed by atoms with Crippen LogP contribution in [-0.2, 0) is 0 Å². The van der Waals surface area contributed by atoms with Gasteiger partial charge in [-0.1, -0.05) is 12.8 Å². The van der Waals surface area contributed by atoms with E-state index in [0.717, 1.165) is 59.8 Å². The van der Waals surface area contributed by atoms with Crippen LogP contribution >= 0.6 is 24.4 Å². The summed E-state index contributed by atoms with van der Waals surface area (Å²) < 4.78 is 0. The molecule has 0 radical (unpaired) electrons. The van der Waals surface area contributed by atoms with E-state index in [9.17, 15) is 0 Å². The predicted molar refractivity (Wildman–Crippen MR) is 115 cm³/mol. The highest BCUT2D eigenvalue weighted by Crippen LogP contribution is 2.45. The molecule has 4 aliphatic carbocycles. The van der Waals surface area contributed by atoms with Crippen molar-refractivity contribution in [2.24, 2.45) is 23.7 Å². The van der Waals surface area contributed by atoms with Crippen molar-refractivity contribution in [3.05, 3.63) is 0 Å². The Bertz CT molecular complexity index is 480. The minimum absolute atomic E-state index is 0.629. The Balaban J connectivity index is 1.01. The van der Waals surface area contributed by atoms with Gasteiger partial charge in [-0.3, -0.25) is 0 Å². The van der Waals surface area contributed by atoms with E-state index in [1.54, 1.807) is 0 Å². The maximum Gasteiger partial charge on any atom is 0.166 e. The number of hydrogen-bond acceptors (Lipinski definition) is 2. The van der Waals surface area contributed by atoms with E-state index >= 15 is 0 Å². The summed E-state index contributed by atoms with van der Waals surface area (Å²) in [5.74, 6) is 3.66. The molecule has 0 aromatic heterocycles. The first-order chi connectivity index (χ1) is 12.7. The average Bonchev–Trinajstić information content (AvgIpc) is 3.38. The third-order valence-electron chi connectivity index (χ3n) is 7.28. The van der Waals surface area contributed by atoms with Crippen molar-refractivity contribution >= 4 is 34.7 Å². The second-order valence-corrected chi connectivity index (χ2v) is 9.89. The number of nitrogens with one attached hydrogen (secondary N) is 4. The van der Waals surface area contributed by atoms with Crippen LogP contribution in [0.1, 0.15) is 64.2 Å². The fourth-order valence-corrected chi connectivity index (χ4v) is 6.44. The van der Waals surface area contributed by atoms with Gasteiger partial charge in [-0.05, 0) is 99.5 Å². The van der Waals surface area contributed by atoms with Crippen molar-refractivity contribution in [3.63, 3.8) is 0 Å². The average molecular weight is 395 g/mol. The van der Waals surface area contributed by atoms with E-state index in [1.807, 2.05) is 0 Å². The zero-order valence-electron chi connectivity index (χ0n) is 15.8. The quantitative estimate of drug-likeness (QED) is 0.393. The van der Waals surface area contributed by atoms with Crippen molar-refractivity contribution in [1.29, 1.82) is 0 Å². The Hall–Kier alpha value is -0.620. The fourth-order valence-electron chi connectivity index (χ4n) is 5.94. The lowest BCUT2D eigenvalue weighted by Gasteiger charge is -2.25. The minimum Gasteiger partial charge on any atom is -0.363 e. The van der Waals surface area contributed by atoms with E-state index in [4.69, 9.17) is 24.4 Å². The molecule has 0 aliphatic heterocycles. The van der Waals surface area contributed by atoms with Gasteiger partial charge in [0.05, 0.1) is 0 Å². The summed E-state index contributed by atoms with van der Waals surface area (Å²) in [5, 5.41) is 15.6. The normalized spacial score (nSPS) is 36.9. The van der Waals surface area contributed by atoms with E-state index in [-0.39, 0.29) is 0 Å². The van der Waals surface area contributed by atoms with Crippen LogP contribution in [0.2, 0.25) is 0 Å². The molecule has 4 fully saturated rings. The Kier molecular flexibility index (Phi) is 6.19. The largest absolute Gasteiger partial charge is 0.363 e. The van der Waals surface area contributed by atoms with Gasteiger partial charge in [0.2, 0.25) is 0 Å². The molecular formula is C20H34N4S2. The molecule has 6 atom stereocenters. The molecule has 6 heteroatoms. The zero-order chi connectivity index (χ0) is 17.9. The number of thiocarbonyl (C=S) groups is 2. The SMILES string of the molecule is S=C(NCCCCNC(=S)NC1CC2CCC1C2)NC1CC2CCC1C2. The second-order valence-electron chi connectivity index (χ2n) is 9.07. The molecule has 26 heavy (non-hydrogen) atoms. The lowest BCUT2D eigenvalue weighted by Crippen LogP contribution is -2.45. The highest BCUT2D eigenvalue weighted by atomic mass is 32.1. The van der Waals surface area contributed by atoms with Crippen molar-refractivity contribution in [1.82, 2.24) is 21.3 Å². The van der Waals surface area contributed by atoms with Gasteiger partial charge < -0.3 is 21.3 Å². The number of rotatable bonds is 7. The number of fused-ring (bicyclic) bond motifs is 4. The molecule has 0 aromatic rings. The summed E-state index contributed by atoms with van der Waals surface area (Å²) >= 11 is 10.9. The smallest absolute Gasteiger partial charge is 0.166 e. The van der Waals surface area contributed by atoms with Gasteiger partial charge in [-0.2, -0.15) is 0 Å². The third-order valence-corrected chi connectivity index (χ3v) is 7.81. The molecule has 4 bridgehead atoms. The van der Waals surface area contributed by atoms with Gasteiger partial charge in [-0.25, -0.2) is 0 Å². The first-order valence-electron chi connectivity index (χ1n) is 10.8. The van der Waals surface area contributed by atoms with Crippen molar-refractivity contribution in [2.75, 3.05) is 13.1 Å². The summed E-state index contributed by atoms with van der Waals surface area (Å²) in [5.41, 5.74) is 0. The van der Waals surface area contributed by atoms with Crippen LogP contribution in [0.3, 0.4) is 0 Å². The Morgan fingerprint density at radius 3 is 1.46 bits per heavy atom. The van der Waals surface area contributed by atoms with Gasteiger partial charge in [-0.15, -0.1) is 0 Å². The van der Waals surface area contributed by atoms with Crippen LogP contribution in [0.25, 0.3) is 0 Å². The minimum atomic E-state index is 0.629. The molecular weight excluding hydrogens is 360 g/mol. The van der Waals surface area contributed by atoms with Gasteiger partial charge in [0.1, 0.15) is 0 Å². The fraction of sp³-hybridized carbons (Fsp3) is 0.900. The van der Waals surface area contributed by atoms with E-state index in [1.165, 1.54) is 51.4 Å². The van der Waals surface area contributed by atoms with Gasteiger partial charge in [0.15, 0.2) is 10.2 Å². The molecule has 0 aromatic carbocycles. The maximum atomic E-state index is 5.46. The molecule has 146 valence electrons. The molecule has 0 spiro atoms. The first-order valence-corrected chi connectivity index (χ1v) is 11.6. The molecule has 6 unspecified atom stereocenters. The lowest BCUT2D eigenvalue weighted by molar-refractivity contribution is 0.388. The summed E-state index contributed by atoms with van der Waals surface area (Å²) in [6.45, 7) is 1.89. The summed E-state index contributed by atoms with van der Waals surface area (Å²) in [6, 6.07) is 1.26. The lowest BCUT2D eigenvalue weighted by atomic mass is 9.96. The van der Waals surface area contributed by atoms with Crippen molar-refractivity contribution < 1.29 is 0 Å². The third kappa shape index (κ3) is 4.61. The van der Waals surface area contributed by atoms with Crippen LogP contribution in [-0.4, -0.2) is 35.4 Å². The van der Waals surface area contributed by atoms with Crippen LogP contribution in [0.4, 0.5) is 0 Å². The molecule has 4 saturated carbocycles. The van der Waals surface area contributed by atoms with Crippen LogP contribution in [0.15, 0.2) is 0 Å². The van der Waals surface area contributed by atoms with Gasteiger partial charge in [0.25, 0.3) is 0 Å². The molecule has 0 heterocycles. The van der Waals surface area contributed by atoms with Crippen molar-refractivity contribution in [3.8, 4) is 0 Å². The summed E-state index contributed by atoms with van der Waals surface area (Å²) in [6.07, 6.45) is 13.4. The molecule has 4 rings (SSSR count). The van der Waals surface area contributed by atoms with Crippen molar-refractivity contribution in [2.45, 2.75) is 76.3 Å². The first kappa shape index (κ1) is 18.7. The Morgan fingerprint density at radius 2 is 1.12 bits per heavy atom. The number of hydrogen-bond donors (Lipinski definition) is 4. The standard InChI is InChI=1S/C20H34N4S2/c25-19(23-17-11-13-3-5-15(17)9-13)21-7-1-2-8-22-20(26)24-18-12-14-4-6-16(18)10-14/h13-18H,1-12H2,(H2,21,23,25)(H2,22,24,26). The molecule has 4 nitrogen and oxygen atoms in total. The Labute approximate surface area is 169 Å². The molecule has 0 saturated heterocycles. The zero-order valence-corrected chi connectivity index (χ0v) is 17.4. The summed E-state index contributed by atoms with van der Waals surface area (Å²) in [7, 11) is 0. The topological polar surface area (TPSA) is 48.1 Å². The predicted octanol–water partition coefficient (Wildman–Crippen LogP) is 3.07. The van der Waals surface area contributed by atoms with Crippen LogP contribution in [0, 0.1) is 23.7 Å². The highest BCUT2D eigenvalue weighted by molar-refractivity contribution is 7.80. The number of unbranched alkanes of at least 4 members (excludes halogenated alkanes) is 1.